The van der Waals surface area contributed by atoms with Crippen molar-refractivity contribution in [1.29, 1.82) is 0 Å². The Kier molecular flexibility index (Phi) is 9.52. The standard InChI is InChI=1S/C33H33F3N6O2S/c1-21(2)29-22(3)7-5-9-28(29)42-23(4)19-45-32(42)39-31(43)37-18-6-8-24-10-12-25(13-11-24)30-38-20-41(40-30)26-14-16-27(17-15-26)44-33(34,35)36/h5,7,9-17,19-21H,6,8,18H2,1-4H3,(H,37,43)/b39-32-. The summed E-state index contributed by atoms with van der Waals surface area (Å²) in [4.78, 5) is 22.1. The fraction of sp³-hybridized carbons (Fsp3) is 0.273. The third-order valence-corrected chi connectivity index (χ3v) is 8.10. The molecule has 0 aliphatic rings. The van der Waals surface area contributed by atoms with Crippen molar-refractivity contribution in [3.8, 4) is 28.5 Å². The fourth-order valence-electron chi connectivity index (χ4n) is 5.13. The number of alkyl halides is 3. The predicted molar refractivity (Wildman–Crippen MR) is 168 cm³/mol. The molecule has 0 atom stereocenters. The lowest BCUT2D eigenvalue weighted by Crippen LogP contribution is -2.26. The maximum atomic E-state index is 12.7. The number of halogens is 3. The number of carbonyl (C=O) groups is 1. The molecule has 5 aromatic rings. The van der Waals surface area contributed by atoms with Gasteiger partial charge in [0.15, 0.2) is 10.6 Å². The molecule has 0 radical (unpaired) electrons. The van der Waals surface area contributed by atoms with Crippen molar-refractivity contribution in [3.05, 3.63) is 106 Å². The van der Waals surface area contributed by atoms with Crippen LogP contribution in [0.4, 0.5) is 18.0 Å². The van der Waals surface area contributed by atoms with Gasteiger partial charge < -0.3 is 10.1 Å². The van der Waals surface area contributed by atoms with Crippen molar-refractivity contribution < 1.29 is 22.7 Å². The normalized spacial score (nSPS) is 12.1. The molecule has 234 valence electrons. The van der Waals surface area contributed by atoms with Crippen LogP contribution in [0.2, 0.25) is 0 Å². The second-order valence-corrected chi connectivity index (χ2v) is 11.7. The highest BCUT2D eigenvalue weighted by Gasteiger charge is 2.31. The van der Waals surface area contributed by atoms with Crippen molar-refractivity contribution >= 4 is 17.4 Å². The molecule has 12 heteroatoms. The number of aryl methyl sites for hydroxylation is 3. The van der Waals surface area contributed by atoms with E-state index in [0.29, 0.717) is 28.8 Å². The summed E-state index contributed by atoms with van der Waals surface area (Å²) < 4.78 is 44.7. The van der Waals surface area contributed by atoms with Crippen LogP contribution in [0, 0.1) is 13.8 Å². The molecule has 0 aliphatic heterocycles. The number of aromatic nitrogens is 4. The Morgan fingerprint density at radius 2 is 1.78 bits per heavy atom. The molecule has 0 unspecified atom stereocenters. The number of hydrogen-bond donors (Lipinski definition) is 1. The number of urea groups is 1. The lowest BCUT2D eigenvalue weighted by Gasteiger charge is -2.17. The molecule has 0 fully saturated rings. The summed E-state index contributed by atoms with van der Waals surface area (Å²) in [6.07, 6.45) is -1.75. The highest BCUT2D eigenvalue weighted by molar-refractivity contribution is 7.07. The van der Waals surface area contributed by atoms with Gasteiger partial charge in [-0.3, -0.25) is 4.57 Å². The van der Waals surface area contributed by atoms with E-state index in [1.165, 1.54) is 57.7 Å². The SMILES string of the molecule is Cc1cccc(-n2c(C)cs/c2=N\C(=O)NCCCc2ccc(-c3ncn(-c4ccc(OC(F)(F)F)cc4)n3)cc2)c1C(C)C. The molecule has 0 aliphatic carbocycles. The highest BCUT2D eigenvalue weighted by Crippen LogP contribution is 2.27. The molecule has 0 spiro atoms. The first-order valence-corrected chi connectivity index (χ1v) is 15.3. The fourth-order valence-corrected chi connectivity index (χ4v) is 5.99. The summed E-state index contributed by atoms with van der Waals surface area (Å²) in [5.41, 5.74) is 6.97. The maximum absolute atomic E-state index is 12.7. The van der Waals surface area contributed by atoms with Crippen molar-refractivity contribution in [2.24, 2.45) is 4.99 Å². The van der Waals surface area contributed by atoms with Gasteiger partial charge in [-0.25, -0.2) is 14.5 Å². The topological polar surface area (TPSA) is 86.3 Å². The molecule has 0 saturated carbocycles. The smallest absolute Gasteiger partial charge is 0.406 e. The number of nitrogens with zero attached hydrogens (tertiary/aromatic N) is 5. The van der Waals surface area contributed by atoms with Crippen molar-refractivity contribution in [2.45, 2.75) is 52.8 Å². The molecule has 5 rings (SSSR count). The number of ether oxygens (including phenoxy) is 1. The Morgan fingerprint density at radius 3 is 2.47 bits per heavy atom. The third kappa shape index (κ3) is 7.88. The number of carbonyl (C=O) groups excluding carboxylic acids is 1. The van der Waals surface area contributed by atoms with Crippen LogP contribution in [0.1, 0.15) is 48.6 Å². The molecule has 2 heterocycles. The second kappa shape index (κ2) is 13.5. The van der Waals surface area contributed by atoms with Gasteiger partial charge in [-0.1, -0.05) is 50.2 Å². The number of amides is 2. The van der Waals surface area contributed by atoms with Crippen LogP contribution in [0.5, 0.6) is 5.75 Å². The molecule has 2 aromatic heterocycles. The Labute approximate surface area is 262 Å². The lowest BCUT2D eigenvalue weighted by molar-refractivity contribution is -0.274. The highest BCUT2D eigenvalue weighted by atomic mass is 32.1. The minimum absolute atomic E-state index is 0.305. The third-order valence-electron chi connectivity index (χ3n) is 7.15. The van der Waals surface area contributed by atoms with E-state index in [9.17, 15) is 18.0 Å². The summed E-state index contributed by atoms with van der Waals surface area (Å²) >= 11 is 1.44. The summed E-state index contributed by atoms with van der Waals surface area (Å²) in [6, 6.07) is 19.0. The monoisotopic (exact) mass is 634 g/mol. The first kappa shape index (κ1) is 31.7. The Bertz CT molecular complexity index is 1840. The first-order valence-electron chi connectivity index (χ1n) is 14.5. The average molecular weight is 635 g/mol. The van der Waals surface area contributed by atoms with Gasteiger partial charge in [-0.15, -0.1) is 29.6 Å². The quantitative estimate of drug-likeness (QED) is 0.169. The number of rotatable bonds is 9. The average Bonchev–Trinajstić information content (AvgIpc) is 3.62. The van der Waals surface area contributed by atoms with E-state index in [1.54, 1.807) is 0 Å². The van der Waals surface area contributed by atoms with Gasteiger partial charge in [0.05, 0.1) is 11.4 Å². The maximum Gasteiger partial charge on any atom is 0.573 e. The van der Waals surface area contributed by atoms with Crippen LogP contribution in [0.25, 0.3) is 22.8 Å². The zero-order chi connectivity index (χ0) is 32.1. The number of hydrogen-bond acceptors (Lipinski definition) is 5. The van der Waals surface area contributed by atoms with Crippen LogP contribution in [-0.2, 0) is 6.42 Å². The van der Waals surface area contributed by atoms with E-state index in [-0.39, 0.29) is 11.8 Å². The molecule has 3 aromatic carbocycles. The van der Waals surface area contributed by atoms with Crippen LogP contribution >= 0.6 is 11.3 Å². The van der Waals surface area contributed by atoms with Gasteiger partial charge in [0.2, 0.25) is 0 Å². The number of benzene rings is 3. The van der Waals surface area contributed by atoms with Crippen molar-refractivity contribution in [3.63, 3.8) is 0 Å². The zero-order valence-electron chi connectivity index (χ0n) is 25.3. The van der Waals surface area contributed by atoms with Gasteiger partial charge in [0, 0.05) is 23.2 Å². The zero-order valence-corrected chi connectivity index (χ0v) is 26.1. The second-order valence-electron chi connectivity index (χ2n) is 10.9. The molecular formula is C33H33F3N6O2S. The molecule has 0 saturated heterocycles. The van der Waals surface area contributed by atoms with Crippen LogP contribution in [-0.4, -0.2) is 38.3 Å². The number of nitrogens with one attached hydrogen (secondary N) is 1. The van der Waals surface area contributed by atoms with Gasteiger partial charge >= 0.3 is 12.4 Å². The Hall–Kier alpha value is -4.71. The lowest BCUT2D eigenvalue weighted by atomic mass is 9.96. The van der Waals surface area contributed by atoms with Gasteiger partial charge in [0.1, 0.15) is 12.1 Å². The van der Waals surface area contributed by atoms with E-state index in [4.69, 9.17) is 0 Å². The summed E-state index contributed by atoms with van der Waals surface area (Å²) in [6.45, 7) is 8.94. The van der Waals surface area contributed by atoms with Gasteiger partial charge in [0.25, 0.3) is 0 Å². The number of thiazole rings is 1. The Balaban J connectivity index is 1.16. The molecule has 1 N–H and O–H groups in total. The molecule has 2 amide bonds. The molecular weight excluding hydrogens is 601 g/mol. The summed E-state index contributed by atoms with van der Waals surface area (Å²) in [7, 11) is 0. The Morgan fingerprint density at radius 1 is 1.04 bits per heavy atom. The molecule has 8 nitrogen and oxygen atoms in total. The summed E-state index contributed by atoms with van der Waals surface area (Å²) in [5, 5.41) is 9.36. The molecule has 0 bridgehead atoms. The minimum atomic E-state index is -4.74. The van der Waals surface area contributed by atoms with E-state index in [2.05, 4.69) is 62.6 Å². The van der Waals surface area contributed by atoms with Gasteiger partial charge in [-0.05, 0) is 79.6 Å². The van der Waals surface area contributed by atoms with E-state index in [0.717, 1.165) is 35.3 Å². The minimum Gasteiger partial charge on any atom is -0.406 e. The van der Waals surface area contributed by atoms with Gasteiger partial charge in [-0.2, -0.15) is 4.99 Å². The predicted octanol–water partition coefficient (Wildman–Crippen LogP) is 7.67. The van der Waals surface area contributed by atoms with Crippen LogP contribution in [0.3, 0.4) is 0 Å². The first-order chi connectivity index (χ1) is 21.5. The summed E-state index contributed by atoms with van der Waals surface area (Å²) in [5.74, 6) is 0.506. The van der Waals surface area contributed by atoms with E-state index in [1.807, 2.05) is 42.6 Å². The van der Waals surface area contributed by atoms with Crippen LogP contribution in [0.15, 0.2) is 83.4 Å². The van der Waals surface area contributed by atoms with Crippen molar-refractivity contribution in [1.82, 2.24) is 24.6 Å². The van der Waals surface area contributed by atoms with E-state index >= 15 is 0 Å². The molecule has 45 heavy (non-hydrogen) atoms. The van der Waals surface area contributed by atoms with E-state index < -0.39 is 6.36 Å². The van der Waals surface area contributed by atoms with Crippen LogP contribution < -0.4 is 14.9 Å². The largest absolute Gasteiger partial charge is 0.573 e. The van der Waals surface area contributed by atoms with Crippen molar-refractivity contribution in [2.75, 3.05) is 6.54 Å².